The third-order valence-corrected chi connectivity index (χ3v) is 5.49. The van der Waals surface area contributed by atoms with Gasteiger partial charge in [-0.05, 0) is 48.9 Å². The Bertz CT molecular complexity index is 986. The lowest BCUT2D eigenvalue weighted by atomic mass is 10.1. The fraction of sp³-hybridized carbons (Fsp3) is 0.200. The first-order valence-corrected chi connectivity index (χ1v) is 10.4. The van der Waals surface area contributed by atoms with Gasteiger partial charge in [0.2, 0.25) is 0 Å². The van der Waals surface area contributed by atoms with Crippen LogP contribution < -0.4 is 4.74 Å². The van der Waals surface area contributed by atoms with Crippen molar-refractivity contribution in [3.05, 3.63) is 58.6 Å². The van der Waals surface area contributed by atoms with E-state index in [9.17, 15) is 9.59 Å². The van der Waals surface area contributed by atoms with Crippen LogP contribution in [0.4, 0.5) is 0 Å². The van der Waals surface area contributed by atoms with Crippen LogP contribution in [-0.2, 0) is 4.74 Å². The van der Waals surface area contributed by atoms with Crippen molar-refractivity contribution in [2.45, 2.75) is 11.9 Å². The van der Waals surface area contributed by atoms with Gasteiger partial charge in [0.1, 0.15) is 16.3 Å². The second-order valence-electron chi connectivity index (χ2n) is 5.72. The van der Waals surface area contributed by atoms with E-state index in [1.807, 2.05) is 23.8 Å². The lowest BCUT2D eigenvalue weighted by molar-refractivity contribution is 0.0469. The molecule has 1 aromatic carbocycles. The zero-order chi connectivity index (χ0) is 20.1. The lowest BCUT2D eigenvalue weighted by Crippen LogP contribution is -2.17. The molecule has 0 fully saturated rings. The summed E-state index contributed by atoms with van der Waals surface area (Å²) in [6.07, 6.45) is 1.83. The number of thioether (sulfide) groups is 1. The van der Waals surface area contributed by atoms with Crippen LogP contribution >= 0.6 is 23.1 Å². The molecule has 0 aliphatic rings. The summed E-state index contributed by atoms with van der Waals surface area (Å²) in [7, 11) is 1.55. The quantitative estimate of drug-likeness (QED) is 0.247. The molecule has 2 heterocycles. The van der Waals surface area contributed by atoms with E-state index in [1.54, 1.807) is 38.3 Å². The molecule has 6 nitrogen and oxygen atoms in total. The molecule has 3 aromatic rings. The first-order chi connectivity index (χ1) is 13.5. The Kier molecular flexibility index (Phi) is 6.43. The van der Waals surface area contributed by atoms with Gasteiger partial charge in [-0.1, -0.05) is 6.07 Å². The number of esters is 1. The number of hydrogen-bond acceptors (Lipinski definition) is 8. The highest BCUT2D eigenvalue weighted by molar-refractivity contribution is 7.98. The average molecular weight is 415 g/mol. The number of ketones is 1. The molecule has 0 N–H and O–H groups in total. The van der Waals surface area contributed by atoms with E-state index in [2.05, 4.69) is 9.97 Å². The molecule has 0 aliphatic heterocycles. The third-order valence-electron chi connectivity index (χ3n) is 3.94. The maximum Gasteiger partial charge on any atom is 0.343 e. The highest BCUT2D eigenvalue weighted by atomic mass is 32.2. The van der Waals surface area contributed by atoms with Crippen LogP contribution in [0.5, 0.6) is 5.75 Å². The number of hydrogen-bond donors (Lipinski definition) is 0. The summed E-state index contributed by atoms with van der Waals surface area (Å²) in [5.74, 6) is 0.316. The molecule has 8 heteroatoms. The van der Waals surface area contributed by atoms with Crippen molar-refractivity contribution in [2.75, 3.05) is 20.0 Å². The summed E-state index contributed by atoms with van der Waals surface area (Å²) >= 11 is 2.87. The second kappa shape index (κ2) is 8.99. The van der Waals surface area contributed by atoms with Crippen LogP contribution in [0.15, 0.2) is 46.8 Å². The Morgan fingerprint density at radius 3 is 2.50 bits per heavy atom. The number of thiophene rings is 1. The molecule has 0 spiro atoms. The molecule has 0 unspecified atom stereocenters. The number of Topliss-reactive ketones (excluding diaryl/α,β-unsaturated/α-hetero) is 1. The number of nitrogens with zero attached hydrogens (tertiary/aromatic N) is 2. The van der Waals surface area contributed by atoms with E-state index >= 15 is 0 Å². The molecule has 2 aromatic heterocycles. The summed E-state index contributed by atoms with van der Waals surface area (Å²) in [5, 5.41) is 2.47. The molecule has 0 saturated heterocycles. The Balaban J connectivity index is 1.75. The first-order valence-electron chi connectivity index (χ1n) is 8.34. The van der Waals surface area contributed by atoms with E-state index in [0.29, 0.717) is 27.9 Å². The van der Waals surface area contributed by atoms with Crippen molar-refractivity contribution >= 4 is 34.9 Å². The summed E-state index contributed by atoms with van der Waals surface area (Å²) in [5.41, 5.74) is 1.25. The normalized spacial score (nSPS) is 10.5. The monoisotopic (exact) mass is 414 g/mol. The number of aryl methyl sites for hydroxylation is 1. The van der Waals surface area contributed by atoms with Crippen molar-refractivity contribution in [3.8, 4) is 16.5 Å². The molecular formula is C20H18N2O4S2. The van der Waals surface area contributed by atoms with Crippen LogP contribution in [0.1, 0.15) is 26.4 Å². The maximum atomic E-state index is 12.6. The number of ether oxygens (including phenoxy) is 2. The minimum atomic E-state index is -0.610. The van der Waals surface area contributed by atoms with Gasteiger partial charge in [0, 0.05) is 5.56 Å². The van der Waals surface area contributed by atoms with Gasteiger partial charge in [-0.2, -0.15) is 0 Å². The Morgan fingerprint density at radius 1 is 1.14 bits per heavy atom. The van der Waals surface area contributed by atoms with Crippen LogP contribution in [0.2, 0.25) is 0 Å². The Hall–Kier alpha value is -2.71. The van der Waals surface area contributed by atoms with Gasteiger partial charge in [-0.15, -0.1) is 23.1 Å². The molecule has 0 radical (unpaired) electrons. The van der Waals surface area contributed by atoms with Crippen molar-refractivity contribution in [1.82, 2.24) is 9.97 Å². The molecule has 0 atom stereocenters. The second-order valence-corrected chi connectivity index (χ2v) is 7.46. The minimum Gasteiger partial charge on any atom is -0.497 e. The standard InChI is InChI=1S/C20H18N2O4S2/c1-12-17(19(27-3)22-18(21-12)16-5-4-10-28-16)20(24)26-11-15(23)13-6-8-14(25-2)9-7-13/h4-10H,11H2,1-3H3. The fourth-order valence-electron chi connectivity index (χ4n) is 2.51. The van der Waals surface area contributed by atoms with E-state index in [4.69, 9.17) is 9.47 Å². The summed E-state index contributed by atoms with van der Waals surface area (Å²) in [6.45, 7) is 1.38. The predicted octanol–water partition coefficient (Wildman–Crippen LogP) is 4.28. The fourth-order valence-corrected chi connectivity index (χ4v) is 3.78. The molecule has 0 amide bonds. The molecule has 144 valence electrons. The zero-order valence-electron chi connectivity index (χ0n) is 15.6. The average Bonchev–Trinajstić information content (AvgIpc) is 3.26. The molecule has 0 bridgehead atoms. The van der Waals surface area contributed by atoms with Crippen LogP contribution in [-0.4, -0.2) is 41.7 Å². The molecule has 0 saturated carbocycles. The number of aromatic nitrogens is 2. The third kappa shape index (κ3) is 4.40. The van der Waals surface area contributed by atoms with Crippen molar-refractivity contribution in [2.24, 2.45) is 0 Å². The van der Waals surface area contributed by atoms with E-state index in [1.165, 1.54) is 23.1 Å². The van der Waals surface area contributed by atoms with Gasteiger partial charge in [0.05, 0.1) is 17.7 Å². The number of benzene rings is 1. The van der Waals surface area contributed by atoms with Gasteiger partial charge < -0.3 is 9.47 Å². The summed E-state index contributed by atoms with van der Waals surface area (Å²) in [4.78, 5) is 34.7. The first kappa shape index (κ1) is 20.0. The SMILES string of the molecule is COc1ccc(C(=O)COC(=O)c2c(C)nc(-c3cccs3)nc2SC)cc1. The van der Waals surface area contributed by atoms with Gasteiger partial charge in [0.15, 0.2) is 18.2 Å². The minimum absolute atomic E-state index is 0.287. The largest absolute Gasteiger partial charge is 0.497 e. The van der Waals surface area contributed by atoms with E-state index in [-0.39, 0.29) is 18.0 Å². The maximum absolute atomic E-state index is 12.6. The Labute approximate surface area is 170 Å². The van der Waals surface area contributed by atoms with Crippen molar-refractivity contribution in [1.29, 1.82) is 0 Å². The smallest absolute Gasteiger partial charge is 0.343 e. The van der Waals surface area contributed by atoms with Gasteiger partial charge in [-0.25, -0.2) is 14.8 Å². The number of carbonyl (C=O) groups is 2. The van der Waals surface area contributed by atoms with Crippen LogP contribution in [0, 0.1) is 6.92 Å². The number of rotatable bonds is 7. The topological polar surface area (TPSA) is 78.4 Å². The summed E-state index contributed by atoms with van der Waals surface area (Å²) < 4.78 is 10.3. The van der Waals surface area contributed by atoms with Crippen LogP contribution in [0.25, 0.3) is 10.7 Å². The Morgan fingerprint density at radius 2 is 1.89 bits per heavy atom. The zero-order valence-corrected chi connectivity index (χ0v) is 17.2. The highest BCUT2D eigenvalue weighted by Crippen LogP contribution is 2.27. The van der Waals surface area contributed by atoms with E-state index < -0.39 is 5.97 Å². The predicted molar refractivity (Wildman–Crippen MR) is 109 cm³/mol. The molecule has 0 aliphatic carbocycles. The van der Waals surface area contributed by atoms with E-state index in [0.717, 1.165) is 4.88 Å². The van der Waals surface area contributed by atoms with Crippen LogP contribution in [0.3, 0.4) is 0 Å². The van der Waals surface area contributed by atoms with Crippen molar-refractivity contribution in [3.63, 3.8) is 0 Å². The van der Waals surface area contributed by atoms with Crippen molar-refractivity contribution < 1.29 is 19.1 Å². The molecular weight excluding hydrogens is 396 g/mol. The number of carbonyl (C=O) groups excluding carboxylic acids is 2. The van der Waals surface area contributed by atoms with Gasteiger partial charge in [0.25, 0.3) is 0 Å². The summed E-state index contributed by atoms with van der Waals surface area (Å²) in [6, 6.07) is 10.5. The highest BCUT2D eigenvalue weighted by Gasteiger charge is 2.21. The van der Waals surface area contributed by atoms with Gasteiger partial charge >= 0.3 is 5.97 Å². The lowest BCUT2D eigenvalue weighted by Gasteiger charge is -2.11. The van der Waals surface area contributed by atoms with Gasteiger partial charge in [-0.3, -0.25) is 4.79 Å². The molecule has 3 rings (SSSR count). The molecule has 28 heavy (non-hydrogen) atoms. The number of methoxy groups -OCH3 is 1.